The first-order chi connectivity index (χ1) is 9.18. The highest BCUT2D eigenvalue weighted by Crippen LogP contribution is 2.38. The average molecular weight is 275 g/mol. The molecule has 0 radical (unpaired) electrons. The molecule has 0 aliphatic rings. The molecule has 0 amide bonds. The van der Waals surface area contributed by atoms with Crippen molar-refractivity contribution in [2.45, 2.75) is 0 Å². The second-order valence-corrected chi connectivity index (χ2v) is 4.52. The summed E-state index contributed by atoms with van der Waals surface area (Å²) < 4.78 is 6.94. The van der Waals surface area contributed by atoms with Gasteiger partial charge in [-0.05, 0) is 6.07 Å². The van der Waals surface area contributed by atoms with E-state index in [9.17, 15) is 0 Å². The van der Waals surface area contributed by atoms with Crippen LogP contribution in [0.25, 0.3) is 22.6 Å². The van der Waals surface area contributed by atoms with Crippen molar-refractivity contribution in [3.05, 3.63) is 41.7 Å². The van der Waals surface area contributed by atoms with Gasteiger partial charge in [0.2, 0.25) is 5.88 Å². The molecule has 0 bridgehead atoms. The number of hydrogen-bond acceptors (Lipinski definition) is 4. The third kappa shape index (κ3) is 1.88. The molecule has 3 aromatic rings. The normalized spacial score (nSPS) is 10.8. The Morgan fingerprint density at radius 2 is 2.11 bits per heavy atom. The summed E-state index contributed by atoms with van der Waals surface area (Å²) in [5.74, 6) is 0.904. The van der Waals surface area contributed by atoms with Crippen molar-refractivity contribution in [2.24, 2.45) is 7.05 Å². The Labute approximate surface area is 114 Å². The van der Waals surface area contributed by atoms with Crippen LogP contribution in [0.15, 0.2) is 41.2 Å². The van der Waals surface area contributed by atoms with Gasteiger partial charge in [-0.15, -0.1) is 0 Å². The fourth-order valence-corrected chi connectivity index (χ4v) is 2.20. The topological polar surface area (TPSA) is 69.9 Å². The Morgan fingerprint density at radius 1 is 1.32 bits per heavy atom. The summed E-state index contributed by atoms with van der Waals surface area (Å²) in [6.45, 7) is 0. The number of rotatable bonds is 2. The van der Waals surface area contributed by atoms with E-state index in [0.717, 1.165) is 5.56 Å². The molecule has 0 saturated heterocycles. The van der Waals surface area contributed by atoms with Crippen LogP contribution in [0.4, 0.5) is 5.88 Å². The minimum absolute atomic E-state index is 0.228. The van der Waals surface area contributed by atoms with Crippen molar-refractivity contribution in [2.75, 3.05) is 5.73 Å². The minimum atomic E-state index is 0.228. The Kier molecular flexibility index (Phi) is 2.76. The molecule has 0 unspecified atom stereocenters. The molecule has 3 rings (SSSR count). The van der Waals surface area contributed by atoms with Gasteiger partial charge >= 0.3 is 0 Å². The van der Waals surface area contributed by atoms with E-state index in [0.29, 0.717) is 22.1 Å². The SMILES string of the molecule is Cn1ccnc1-c1noc(N)c1-c1ccccc1Cl. The van der Waals surface area contributed by atoms with Crippen LogP contribution in [0.5, 0.6) is 0 Å². The Morgan fingerprint density at radius 3 is 2.79 bits per heavy atom. The number of nitrogen functional groups attached to an aromatic ring is 1. The Bertz CT molecular complexity index is 732. The van der Waals surface area contributed by atoms with E-state index in [1.165, 1.54) is 0 Å². The van der Waals surface area contributed by atoms with Gasteiger partial charge in [-0.1, -0.05) is 35.0 Å². The van der Waals surface area contributed by atoms with Gasteiger partial charge in [0.1, 0.15) is 0 Å². The van der Waals surface area contributed by atoms with Crippen molar-refractivity contribution in [1.82, 2.24) is 14.7 Å². The molecule has 2 heterocycles. The van der Waals surface area contributed by atoms with Crippen LogP contribution in [-0.4, -0.2) is 14.7 Å². The number of imidazole rings is 1. The van der Waals surface area contributed by atoms with Crippen LogP contribution < -0.4 is 5.73 Å². The standard InChI is InChI=1S/C13H11ClN4O/c1-18-7-6-16-13(18)11-10(12(15)19-17-11)8-4-2-3-5-9(8)14/h2-7H,15H2,1H3. The Balaban J connectivity index is 2.26. The van der Waals surface area contributed by atoms with E-state index in [1.54, 1.807) is 12.3 Å². The van der Waals surface area contributed by atoms with E-state index >= 15 is 0 Å². The van der Waals surface area contributed by atoms with E-state index in [-0.39, 0.29) is 5.88 Å². The van der Waals surface area contributed by atoms with Crippen LogP contribution in [0.2, 0.25) is 5.02 Å². The van der Waals surface area contributed by atoms with Crippen LogP contribution in [0.1, 0.15) is 0 Å². The molecule has 0 aliphatic carbocycles. The van der Waals surface area contributed by atoms with Gasteiger partial charge < -0.3 is 14.8 Å². The van der Waals surface area contributed by atoms with Gasteiger partial charge in [0.15, 0.2) is 11.5 Å². The first-order valence-corrected chi connectivity index (χ1v) is 6.04. The lowest BCUT2D eigenvalue weighted by atomic mass is 10.1. The van der Waals surface area contributed by atoms with Crippen LogP contribution in [0.3, 0.4) is 0 Å². The lowest BCUT2D eigenvalue weighted by Gasteiger charge is -2.04. The monoisotopic (exact) mass is 274 g/mol. The maximum atomic E-state index is 6.21. The minimum Gasteiger partial charge on any atom is -0.367 e. The number of halogens is 1. The number of nitrogens with two attached hydrogens (primary N) is 1. The summed E-state index contributed by atoms with van der Waals surface area (Å²) >= 11 is 6.21. The van der Waals surface area contributed by atoms with Crippen molar-refractivity contribution < 1.29 is 4.52 Å². The van der Waals surface area contributed by atoms with Crippen molar-refractivity contribution in [3.63, 3.8) is 0 Å². The molecule has 2 N–H and O–H groups in total. The molecule has 0 aliphatic heterocycles. The highest BCUT2D eigenvalue weighted by atomic mass is 35.5. The molecule has 0 spiro atoms. The summed E-state index contributed by atoms with van der Waals surface area (Å²) in [5.41, 5.74) is 7.90. The predicted molar refractivity (Wildman–Crippen MR) is 73.6 cm³/mol. The third-order valence-corrected chi connectivity index (χ3v) is 3.22. The summed E-state index contributed by atoms with van der Waals surface area (Å²) in [7, 11) is 1.88. The second kappa shape index (κ2) is 4.44. The zero-order chi connectivity index (χ0) is 13.4. The number of nitrogens with zero attached hydrogens (tertiary/aromatic N) is 3. The van der Waals surface area contributed by atoms with Crippen molar-refractivity contribution in [1.29, 1.82) is 0 Å². The fraction of sp³-hybridized carbons (Fsp3) is 0.0769. The molecule has 6 heteroatoms. The lowest BCUT2D eigenvalue weighted by molar-refractivity contribution is 0.438. The maximum Gasteiger partial charge on any atom is 0.230 e. The quantitative estimate of drug-likeness (QED) is 0.780. The zero-order valence-corrected chi connectivity index (χ0v) is 10.9. The molecular weight excluding hydrogens is 264 g/mol. The predicted octanol–water partition coefficient (Wildman–Crippen LogP) is 2.98. The van der Waals surface area contributed by atoms with Gasteiger partial charge in [-0.25, -0.2) is 4.98 Å². The van der Waals surface area contributed by atoms with E-state index in [1.807, 2.05) is 36.0 Å². The molecule has 5 nitrogen and oxygen atoms in total. The molecule has 0 atom stereocenters. The fourth-order valence-electron chi connectivity index (χ4n) is 1.97. The number of benzene rings is 1. The summed E-state index contributed by atoms with van der Waals surface area (Å²) in [5, 5.41) is 4.59. The first-order valence-electron chi connectivity index (χ1n) is 5.66. The summed E-state index contributed by atoms with van der Waals surface area (Å²) in [6, 6.07) is 7.41. The number of anilines is 1. The van der Waals surface area contributed by atoms with Gasteiger partial charge in [0.25, 0.3) is 0 Å². The number of hydrogen-bond donors (Lipinski definition) is 1. The lowest BCUT2D eigenvalue weighted by Crippen LogP contribution is -1.94. The first kappa shape index (κ1) is 11.8. The molecule has 0 fully saturated rings. The van der Waals surface area contributed by atoms with Gasteiger partial charge in [0, 0.05) is 30.0 Å². The van der Waals surface area contributed by atoms with Crippen molar-refractivity contribution in [3.8, 4) is 22.6 Å². The molecular formula is C13H11ClN4O. The maximum absolute atomic E-state index is 6.21. The van der Waals surface area contributed by atoms with Gasteiger partial charge in [0.05, 0.1) is 5.56 Å². The second-order valence-electron chi connectivity index (χ2n) is 4.11. The largest absolute Gasteiger partial charge is 0.367 e. The van der Waals surface area contributed by atoms with Crippen molar-refractivity contribution >= 4 is 17.5 Å². The average Bonchev–Trinajstić information content (AvgIpc) is 2.96. The number of aromatic nitrogens is 3. The third-order valence-electron chi connectivity index (χ3n) is 2.89. The molecule has 1 aromatic carbocycles. The Hall–Kier alpha value is -2.27. The molecule has 19 heavy (non-hydrogen) atoms. The van der Waals surface area contributed by atoms with Crippen LogP contribution in [-0.2, 0) is 7.05 Å². The summed E-state index contributed by atoms with van der Waals surface area (Å²) in [6.07, 6.45) is 3.52. The van der Waals surface area contributed by atoms with Gasteiger partial charge in [-0.3, -0.25) is 0 Å². The highest BCUT2D eigenvalue weighted by Gasteiger charge is 2.21. The number of aryl methyl sites for hydroxylation is 1. The van der Waals surface area contributed by atoms with Crippen LogP contribution >= 0.6 is 11.6 Å². The van der Waals surface area contributed by atoms with E-state index in [4.69, 9.17) is 21.9 Å². The highest BCUT2D eigenvalue weighted by molar-refractivity contribution is 6.33. The molecule has 96 valence electrons. The van der Waals surface area contributed by atoms with E-state index < -0.39 is 0 Å². The van der Waals surface area contributed by atoms with E-state index in [2.05, 4.69) is 10.1 Å². The smallest absolute Gasteiger partial charge is 0.230 e. The van der Waals surface area contributed by atoms with Gasteiger partial charge in [-0.2, -0.15) is 0 Å². The molecule has 2 aromatic heterocycles. The van der Waals surface area contributed by atoms with Crippen LogP contribution in [0, 0.1) is 0 Å². The zero-order valence-electron chi connectivity index (χ0n) is 10.2. The summed E-state index contributed by atoms with van der Waals surface area (Å²) in [4.78, 5) is 4.26. The molecule has 0 saturated carbocycles.